The number of rotatable bonds is 4. The Balaban J connectivity index is 1.62. The zero-order valence-electron chi connectivity index (χ0n) is 15.9. The molecule has 0 saturated heterocycles. The highest BCUT2D eigenvalue weighted by atomic mass is 16.5. The smallest absolute Gasteiger partial charge is 0.407 e. The fourth-order valence-corrected chi connectivity index (χ4v) is 3.08. The van der Waals surface area contributed by atoms with Crippen molar-refractivity contribution in [2.24, 2.45) is 0 Å². The molecular weight excluding hydrogens is 358 g/mol. The molecule has 146 valence electrons. The van der Waals surface area contributed by atoms with Crippen LogP contribution in [0.5, 0.6) is 5.75 Å². The van der Waals surface area contributed by atoms with Gasteiger partial charge < -0.3 is 25.4 Å². The van der Waals surface area contributed by atoms with Crippen molar-refractivity contribution < 1.29 is 19.4 Å². The zero-order chi connectivity index (χ0) is 20.1. The molecule has 2 aromatic rings. The summed E-state index contributed by atoms with van der Waals surface area (Å²) in [5.74, 6) is 0.593. The third-order valence-corrected chi connectivity index (χ3v) is 4.60. The van der Waals surface area contributed by atoms with Crippen LogP contribution in [0, 0.1) is 6.92 Å². The van der Waals surface area contributed by atoms with E-state index in [2.05, 4.69) is 10.6 Å². The first-order chi connectivity index (χ1) is 13.5. The Kier molecular flexibility index (Phi) is 5.84. The number of nitrogens with one attached hydrogen (secondary N) is 2. The van der Waals surface area contributed by atoms with Crippen LogP contribution in [-0.2, 0) is 0 Å². The summed E-state index contributed by atoms with van der Waals surface area (Å²) in [6, 6.07) is 12.7. The van der Waals surface area contributed by atoms with Crippen molar-refractivity contribution in [3.8, 4) is 5.75 Å². The third-order valence-electron chi connectivity index (χ3n) is 4.60. The number of aryl methyl sites for hydroxylation is 1. The fourth-order valence-electron chi connectivity index (χ4n) is 3.08. The van der Waals surface area contributed by atoms with E-state index < -0.39 is 6.09 Å². The highest BCUT2D eigenvalue weighted by molar-refractivity contribution is 6.00. The Morgan fingerprint density at radius 1 is 1.11 bits per heavy atom. The van der Waals surface area contributed by atoms with Crippen molar-refractivity contribution in [1.82, 2.24) is 4.90 Å². The van der Waals surface area contributed by atoms with Crippen molar-refractivity contribution in [2.45, 2.75) is 13.3 Å². The van der Waals surface area contributed by atoms with Crippen molar-refractivity contribution in [3.63, 3.8) is 0 Å². The molecule has 0 unspecified atom stereocenters. The number of carboxylic acid groups (broad SMARTS) is 1. The second-order valence-electron chi connectivity index (χ2n) is 6.57. The molecule has 3 rings (SSSR count). The van der Waals surface area contributed by atoms with E-state index in [9.17, 15) is 9.59 Å². The Morgan fingerprint density at radius 3 is 2.46 bits per heavy atom. The van der Waals surface area contributed by atoms with E-state index in [1.165, 1.54) is 4.90 Å². The quantitative estimate of drug-likeness (QED) is 0.731. The van der Waals surface area contributed by atoms with Gasteiger partial charge in [-0.2, -0.15) is 0 Å². The summed E-state index contributed by atoms with van der Waals surface area (Å²) in [5, 5.41) is 14.6. The van der Waals surface area contributed by atoms with Crippen molar-refractivity contribution >= 4 is 29.1 Å². The number of carbonyl (C=O) groups excluding carboxylic acids is 1. The van der Waals surface area contributed by atoms with Crippen LogP contribution in [0.1, 0.15) is 17.5 Å². The second-order valence-corrected chi connectivity index (χ2v) is 6.57. The van der Waals surface area contributed by atoms with E-state index in [4.69, 9.17) is 9.84 Å². The van der Waals surface area contributed by atoms with Crippen LogP contribution in [-0.4, -0.2) is 42.3 Å². The number of amides is 3. The molecule has 0 fully saturated rings. The number of anilines is 2. The molecule has 1 aliphatic rings. The normalized spacial score (nSPS) is 13.5. The number of hydrogen-bond donors (Lipinski definition) is 3. The predicted molar refractivity (Wildman–Crippen MR) is 109 cm³/mol. The number of benzene rings is 2. The molecule has 2 aromatic carbocycles. The highest BCUT2D eigenvalue weighted by Gasteiger charge is 2.16. The van der Waals surface area contributed by atoms with Gasteiger partial charge in [0.25, 0.3) is 0 Å². The van der Waals surface area contributed by atoms with Gasteiger partial charge in [0.15, 0.2) is 0 Å². The van der Waals surface area contributed by atoms with Gasteiger partial charge in [0.2, 0.25) is 0 Å². The van der Waals surface area contributed by atoms with Crippen molar-refractivity contribution in [1.29, 1.82) is 0 Å². The summed E-state index contributed by atoms with van der Waals surface area (Å²) < 4.78 is 5.27. The topological polar surface area (TPSA) is 90.9 Å². The zero-order valence-corrected chi connectivity index (χ0v) is 15.9. The molecule has 1 heterocycles. The van der Waals surface area contributed by atoms with Crippen molar-refractivity contribution in [3.05, 3.63) is 59.7 Å². The Labute approximate surface area is 163 Å². The van der Waals surface area contributed by atoms with Crippen LogP contribution in [0.4, 0.5) is 21.0 Å². The first-order valence-electron chi connectivity index (χ1n) is 8.96. The lowest BCUT2D eigenvalue weighted by Gasteiger charge is -2.23. The van der Waals surface area contributed by atoms with Crippen LogP contribution in [0.25, 0.3) is 5.57 Å². The molecule has 0 saturated carbocycles. The molecule has 1 aliphatic heterocycles. The summed E-state index contributed by atoms with van der Waals surface area (Å²) in [6.45, 7) is 2.82. The molecule has 7 heteroatoms. The van der Waals surface area contributed by atoms with E-state index in [-0.39, 0.29) is 6.03 Å². The van der Waals surface area contributed by atoms with Crippen LogP contribution >= 0.6 is 0 Å². The van der Waals surface area contributed by atoms with Gasteiger partial charge in [-0.1, -0.05) is 24.3 Å². The van der Waals surface area contributed by atoms with E-state index in [0.717, 1.165) is 16.7 Å². The summed E-state index contributed by atoms with van der Waals surface area (Å²) in [6.07, 6.45) is 1.70. The highest BCUT2D eigenvalue weighted by Crippen LogP contribution is 2.26. The van der Waals surface area contributed by atoms with Gasteiger partial charge in [-0.25, -0.2) is 9.59 Å². The molecule has 3 amide bonds. The molecular formula is C21H23N3O4. The van der Waals surface area contributed by atoms with Crippen LogP contribution in [0.3, 0.4) is 0 Å². The molecule has 0 bridgehead atoms. The number of carbonyl (C=O) groups is 2. The standard InChI is InChI=1S/C21H23N3O4/c1-14-3-8-19(28-2)18(13-14)23-20(25)22-17-6-4-15(5-7-17)16-9-11-24(12-10-16)21(26)27/h3-9,13H,10-12H2,1-2H3,(H,26,27)(H2,22,23,25). The summed E-state index contributed by atoms with van der Waals surface area (Å²) in [4.78, 5) is 24.7. The Bertz CT molecular complexity index is 906. The summed E-state index contributed by atoms with van der Waals surface area (Å²) in [7, 11) is 1.56. The van der Waals surface area contributed by atoms with Gasteiger partial charge in [-0.15, -0.1) is 0 Å². The number of hydrogen-bond acceptors (Lipinski definition) is 3. The third kappa shape index (κ3) is 4.62. The van der Waals surface area contributed by atoms with Crippen LogP contribution < -0.4 is 15.4 Å². The minimum Gasteiger partial charge on any atom is -0.495 e. The lowest BCUT2D eigenvalue weighted by molar-refractivity contribution is 0.150. The minimum atomic E-state index is -0.897. The maximum absolute atomic E-state index is 12.3. The molecule has 7 nitrogen and oxygen atoms in total. The van der Waals surface area contributed by atoms with Crippen molar-refractivity contribution in [2.75, 3.05) is 30.8 Å². The van der Waals surface area contributed by atoms with E-state index in [1.807, 2.05) is 55.5 Å². The minimum absolute atomic E-state index is 0.356. The number of nitrogens with zero attached hydrogens (tertiary/aromatic N) is 1. The number of methoxy groups -OCH3 is 1. The summed E-state index contributed by atoms with van der Waals surface area (Å²) in [5.41, 5.74) is 4.42. The molecule has 28 heavy (non-hydrogen) atoms. The Morgan fingerprint density at radius 2 is 1.86 bits per heavy atom. The lowest BCUT2D eigenvalue weighted by atomic mass is 9.99. The lowest BCUT2D eigenvalue weighted by Crippen LogP contribution is -2.33. The van der Waals surface area contributed by atoms with E-state index in [0.29, 0.717) is 36.6 Å². The fraction of sp³-hybridized carbons (Fsp3) is 0.238. The summed E-state index contributed by atoms with van der Waals surface area (Å²) >= 11 is 0. The predicted octanol–water partition coefficient (Wildman–Crippen LogP) is 4.41. The van der Waals surface area contributed by atoms with Gasteiger partial charge in [-0.3, -0.25) is 0 Å². The molecule has 0 spiro atoms. The van der Waals surface area contributed by atoms with Crippen LogP contribution in [0.2, 0.25) is 0 Å². The molecule has 0 radical (unpaired) electrons. The molecule has 0 atom stereocenters. The van der Waals surface area contributed by atoms with Gasteiger partial charge in [0, 0.05) is 18.8 Å². The molecule has 3 N–H and O–H groups in total. The first-order valence-corrected chi connectivity index (χ1v) is 8.96. The maximum Gasteiger partial charge on any atom is 0.407 e. The van der Waals surface area contributed by atoms with Crippen LogP contribution in [0.15, 0.2) is 48.5 Å². The maximum atomic E-state index is 12.3. The van der Waals surface area contributed by atoms with E-state index >= 15 is 0 Å². The monoisotopic (exact) mass is 381 g/mol. The van der Waals surface area contributed by atoms with Gasteiger partial charge in [0.05, 0.1) is 12.8 Å². The van der Waals surface area contributed by atoms with Gasteiger partial charge in [-0.05, 0) is 54.3 Å². The average molecular weight is 381 g/mol. The largest absolute Gasteiger partial charge is 0.495 e. The first kappa shape index (κ1) is 19.3. The Hall–Kier alpha value is -3.48. The van der Waals surface area contributed by atoms with Gasteiger partial charge in [0.1, 0.15) is 5.75 Å². The number of urea groups is 1. The molecule has 0 aromatic heterocycles. The average Bonchev–Trinajstić information content (AvgIpc) is 2.69. The van der Waals surface area contributed by atoms with E-state index in [1.54, 1.807) is 7.11 Å². The second kappa shape index (κ2) is 8.47. The SMILES string of the molecule is COc1ccc(C)cc1NC(=O)Nc1ccc(C2=CCN(C(=O)O)CC2)cc1. The molecule has 0 aliphatic carbocycles. The van der Waals surface area contributed by atoms with Gasteiger partial charge >= 0.3 is 12.1 Å². The number of ether oxygens (including phenoxy) is 1.